The van der Waals surface area contributed by atoms with E-state index in [0.717, 1.165) is 29.8 Å². The van der Waals surface area contributed by atoms with Crippen molar-refractivity contribution < 1.29 is 4.79 Å². The van der Waals surface area contributed by atoms with Gasteiger partial charge in [0.25, 0.3) is 5.91 Å². The van der Waals surface area contributed by atoms with Gasteiger partial charge in [-0.1, -0.05) is 12.1 Å². The molecule has 2 heterocycles. The zero-order valence-corrected chi connectivity index (χ0v) is 14.0. The van der Waals surface area contributed by atoms with Crippen LogP contribution in [0.15, 0.2) is 55.2 Å². The highest BCUT2D eigenvalue weighted by Crippen LogP contribution is 2.22. The van der Waals surface area contributed by atoms with Gasteiger partial charge in [0.2, 0.25) is 0 Å². The maximum Gasteiger partial charge on any atom is 0.251 e. The third-order valence-corrected chi connectivity index (χ3v) is 4.64. The van der Waals surface area contributed by atoms with Crippen LogP contribution >= 0.6 is 0 Å². The molecule has 0 aliphatic heterocycles. The van der Waals surface area contributed by atoms with Crippen molar-refractivity contribution in [3.63, 3.8) is 0 Å². The molecule has 1 aliphatic rings. The molecule has 0 saturated carbocycles. The second kappa shape index (κ2) is 6.89. The Hall–Kier alpha value is -2.95. The minimum Gasteiger partial charge on any atom is -0.348 e. The van der Waals surface area contributed by atoms with Crippen molar-refractivity contribution in [1.29, 1.82) is 0 Å². The Bertz CT molecular complexity index is 869. The molecule has 0 saturated heterocycles. The normalized spacial score (nSPS) is 13.3. The summed E-state index contributed by atoms with van der Waals surface area (Å²) in [6.07, 6.45) is 11.7. The molecule has 3 aromatic rings. The number of carbonyl (C=O) groups is 1. The minimum atomic E-state index is -0.0351. The fourth-order valence-electron chi connectivity index (χ4n) is 3.23. The summed E-state index contributed by atoms with van der Waals surface area (Å²) in [5.74, 6) is 0.773. The van der Waals surface area contributed by atoms with E-state index in [2.05, 4.69) is 21.4 Å². The molecule has 4 rings (SSSR count). The van der Waals surface area contributed by atoms with Gasteiger partial charge >= 0.3 is 0 Å². The molecule has 0 atom stereocenters. The van der Waals surface area contributed by atoms with E-state index in [-0.39, 0.29) is 5.91 Å². The molecule has 1 aromatic carbocycles. The lowest BCUT2D eigenvalue weighted by molar-refractivity contribution is 0.0950. The molecule has 0 radical (unpaired) electrons. The molecule has 1 N–H and O–H groups in total. The van der Waals surface area contributed by atoms with Crippen LogP contribution in [0.1, 0.15) is 39.9 Å². The van der Waals surface area contributed by atoms with E-state index >= 15 is 0 Å². The average molecular weight is 332 g/mol. The lowest BCUT2D eigenvalue weighted by Gasteiger charge is -2.16. The van der Waals surface area contributed by atoms with Gasteiger partial charge in [-0.05, 0) is 60.6 Å². The number of fused-ring (bicyclic) bond motifs is 1. The van der Waals surface area contributed by atoms with Crippen molar-refractivity contribution in [3.05, 3.63) is 77.5 Å². The third kappa shape index (κ3) is 3.45. The Morgan fingerprint density at radius 2 is 2.00 bits per heavy atom. The SMILES string of the molecule is O=C(NCc1ccc(-n2ccnc2)nc1)c1ccc2c(c1)CCCC2. The van der Waals surface area contributed by atoms with Crippen LogP contribution in [0.2, 0.25) is 0 Å². The molecule has 25 heavy (non-hydrogen) atoms. The van der Waals surface area contributed by atoms with Crippen LogP contribution in [0.5, 0.6) is 0 Å². The van der Waals surface area contributed by atoms with E-state index in [1.165, 1.54) is 24.0 Å². The summed E-state index contributed by atoms with van der Waals surface area (Å²) in [5.41, 5.74) is 4.42. The zero-order valence-electron chi connectivity index (χ0n) is 14.0. The van der Waals surface area contributed by atoms with Crippen LogP contribution < -0.4 is 5.32 Å². The number of hydrogen-bond donors (Lipinski definition) is 1. The maximum atomic E-state index is 12.4. The van der Waals surface area contributed by atoms with Gasteiger partial charge in [-0.25, -0.2) is 9.97 Å². The first-order valence-corrected chi connectivity index (χ1v) is 8.63. The second-order valence-electron chi connectivity index (χ2n) is 6.37. The van der Waals surface area contributed by atoms with E-state index in [1.54, 1.807) is 18.7 Å². The third-order valence-electron chi connectivity index (χ3n) is 4.64. The zero-order chi connectivity index (χ0) is 17.1. The molecule has 5 nitrogen and oxygen atoms in total. The number of aromatic nitrogens is 3. The molecule has 126 valence electrons. The summed E-state index contributed by atoms with van der Waals surface area (Å²) in [4.78, 5) is 20.8. The first-order valence-electron chi connectivity index (χ1n) is 8.63. The number of aryl methyl sites for hydroxylation is 2. The van der Waals surface area contributed by atoms with Crippen molar-refractivity contribution in [3.8, 4) is 5.82 Å². The first kappa shape index (κ1) is 15.6. The number of imidazole rings is 1. The number of rotatable bonds is 4. The van der Waals surface area contributed by atoms with Crippen LogP contribution in [0.25, 0.3) is 5.82 Å². The highest BCUT2D eigenvalue weighted by molar-refractivity contribution is 5.94. The Kier molecular flexibility index (Phi) is 4.29. The Morgan fingerprint density at radius 1 is 1.12 bits per heavy atom. The van der Waals surface area contributed by atoms with Gasteiger partial charge < -0.3 is 5.32 Å². The van der Waals surface area contributed by atoms with Crippen molar-refractivity contribution >= 4 is 5.91 Å². The predicted molar refractivity (Wildman–Crippen MR) is 95.6 cm³/mol. The Labute approximate surface area is 146 Å². The van der Waals surface area contributed by atoms with Crippen molar-refractivity contribution in [1.82, 2.24) is 19.9 Å². The van der Waals surface area contributed by atoms with E-state index < -0.39 is 0 Å². The van der Waals surface area contributed by atoms with Gasteiger partial charge in [-0.2, -0.15) is 0 Å². The van der Waals surface area contributed by atoms with Crippen molar-refractivity contribution in [2.45, 2.75) is 32.2 Å². The molecule has 0 spiro atoms. The summed E-state index contributed by atoms with van der Waals surface area (Å²) < 4.78 is 1.84. The molecule has 0 unspecified atom stereocenters. The topological polar surface area (TPSA) is 59.8 Å². The number of pyridine rings is 1. The van der Waals surface area contributed by atoms with E-state index in [0.29, 0.717) is 6.54 Å². The lowest BCUT2D eigenvalue weighted by Crippen LogP contribution is -2.23. The quantitative estimate of drug-likeness (QED) is 0.799. The smallest absolute Gasteiger partial charge is 0.251 e. The first-order chi connectivity index (χ1) is 12.3. The molecular formula is C20H20N4O. The van der Waals surface area contributed by atoms with Crippen molar-refractivity contribution in [2.75, 3.05) is 0 Å². The van der Waals surface area contributed by atoms with E-state index in [4.69, 9.17) is 0 Å². The van der Waals surface area contributed by atoms with E-state index in [9.17, 15) is 4.79 Å². The number of hydrogen-bond acceptors (Lipinski definition) is 3. The summed E-state index contributed by atoms with van der Waals surface area (Å²) in [7, 11) is 0. The van der Waals surface area contributed by atoms with Crippen LogP contribution in [0.4, 0.5) is 0 Å². The molecule has 1 amide bonds. The van der Waals surface area contributed by atoms with Crippen LogP contribution in [0.3, 0.4) is 0 Å². The summed E-state index contributed by atoms with van der Waals surface area (Å²) in [6.45, 7) is 0.465. The van der Waals surface area contributed by atoms with Crippen molar-refractivity contribution in [2.24, 2.45) is 0 Å². The predicted octanol–water partition coefficient (Wildman–Crippen LogP) is 3.08. The molecule has 0 fully saturated rings. The molecule has 2 aromatic heterocycles. The van der Waals surface area contributed by atoms with Crippen LogP contribution in [-0.2, 0) is 19.4 Å². The van der Waals surface area contributed by atoms with Gasteiger partial charge in [-0.15, -0.1) is 0 Å². The number of carbonyl (C=O) groups excluding carboxylic acids is 1. The van der Waals surface area contributed by atoms with Gasteiger partial charge in [0.05, 0.1) is 0 Å². The van der Waals surface area contributed by atoms with Crippen LogP contribution in [0, 0.1) is 0 Å². The van der Waals surface area contributed by atoms with Crippen LogP contribution in [-0.4, -0.2) is 20.4 Å². The van der Waals surface area contributed by atoms with E-state index in [1.807, 2.05) is 35.0 Å². The molecular weight excluding hydrogens is 312 g/mol. The lowest BCUT2D eigenvalue weighted by atomic mass is 9.90. The number of amides is 1. The Morgan fingerprint density at radius 3 is 2.76 bits per heavy atom. The standard InChI is InChI=1S/C20H20N4O/c25-20(18-7-6-16-3-1-2-4-17(16)11-18)23-13-15-5-8-19(22-12-15)24-10-9-21-14-24/h5-12,14H,1-4,13H2,(H,23,25). The second-order valence-corrected chi connectivity index (χ2v) is 6.37. The van der Waals surface area contributed by atoms with Gasteiger partial charge in [-0.3, -0.25) is 9.36 Å². The molecule has 1 aliphatic carbocycles. The number of benzene rings is 1. The summed E-state index contributed by atoms with van der Waals surface area (Å²) in [5, 5.41) is 2.98. The van der Waals surface area contributed by atoms with Gasteiger partial charge in [0.1, 0.15) is 12.1 Å². The summed E-state index contributed by atoms with van der Waals surface area (Å²) >= 11 is 0. The monoisotopic (exact) mass is 332 g/mol. The largest absolute Gasteiger partial charge is 0.348 e. The number of nitrogens with zero attached hydrogens (tertiary/aromatic N) is 3. The highest BCUT2D eigenvalue weighted by atomic mass is 16.1. The fraction of sp³-hybridized carbons (Fsp3) is 0.250. The van der Waals surface area contributed by atoms with Gasteiger partial charge in [0, 0.05) is 30.7 Å². The minimum absolute atomic E-state index is 0.0351. The average Bonchev–Trinajstić information content (AvgIpc) is 3.21. The maximum absolute atomic E-state index is 12.4. The summed E-state index contributed by atoms with van der Waals surface area (Å²) in [6, 6.07) is 9.96. The Balaban J connectivity index is 1.40. The highest BCUT2D eigenvalue weighted by Gasteiger charge is 2.12. The molecule has 5 heteroatoms. The number of nitrogens with one attached hydrogen (secondary N) is 1. The fourth-order valence-corrected chi connectivity index (χ4v) is 3.23. The van der Waals surface area contributed by atoms with Gasteiger partial charge in [0.15, 0.2) is 0 Å². The molecule has 0 bridgehead atoms.